The van der Waals surface area contributed by atoms with E-state index in [-0.39, 0.29) is 23.2 Å². The molecule has 1 aromatic heterocycles. The minimum Gasteiger partial charge on any atom is -0.507 e. The van der Waals surface area contributed by atoms with Gasteiger partial charge in [0.25, 0.3) is 0 Å². The third-order valence-electron chi connectivity index (χ3n) is 6.88. The number of aromatic nitrogens is 2. The Hall–Kier alpha value is -1.82. The molecule has 1 aromatic carbocycles. The smallest absolute Gasteiger partial charge is 0.217 e. The van der Waals surface area contributed by atoms with Crippen LogP contribution in [0.25, 0.3) is 0 Å². The fourth-order valence-electron chi connectivity index (χ4n) is 4.84. The monoisotopic (exact) mass is 517 g/mol. The molecule has 1 fully saturated rings. The standard InChI is InChI=1S/C27H40BrN3O2/c1-26(2,3)21-16-20(17-22(24(21)33)27(4,5)6)23(32)18-31-15-14-30(25(31)29-28)13-12-19-10-8-7-9-11-19/h14-17,19,33H,7-13,18H2,1-6H3. The van der Waals surface area contributed by atoms with E-state index in [4.69, 9.17) is 0 Å². The zero-order valence-corrected chi connectivity index (χ0v) is 22.7. The maximum atomic E-state index is 13.4. The molecule has 1 aliphatic carbocycles. The van der Waals surface area contributed by atoms with Crippen molar-refractivity contribution in [1.29, 1.82) is 0 Å². The van der Waals surface area contributed by atoms with Gasteiger partial charge in [0.05, 0.1) is 22.7 Å². The first-order valence-electron chi connectivity index (χ1n) is 12.2. The molecule has 1 aliphatic rings. The minimum atomic E-state index is -0.272. The summed E-state index contributed by atoms with van der Waals surface area (Å²) >= 11 is 3.27. The number of aryl methyl sites for hydroxylation is 1. The molecule has 3 rings (SSSR count). The molecule has 182 valence electrons. The molecule has 0 spiro atoms. The number of carbonyl (C=O) groups is 1. The molecular formula is C27H40BrN3O2. The molecule has 0 amide bonds. The molecule has 1 saturated carbocycles. The summed E-state index contributed by atoms with van der Waals surface area (Å²) in [5.41, 5.74) is 2.45. The Morgan fingerprint density at radius 1 is 1.00 bits per heavy atom. The van der Waals surface area contributed by atoms with Crippen LogP contribution in [-0.2, 0) is 23.9 Å². The maximum Gasteiger partial charge on any atom is 0.217 e. The van der Waals surface area contributed by atoms with Gasteiger partial charge in [-0.15, -0.1) is 0 Å². The van der Waals surface area contributed by atoms with Gasteiger partial charge >= 0.3 is 0 Å². The summed E-state index contributed by atoms with van der Waals surface area (Å²) in [6.45, 7) is 13.5. The summed E-state index contributed by atoms with van der Waals surface area (Å²) in [4.78, 5) is 13.4. The number of ketones is 1. The van der Waals surface area contributed by atoms with Gasteiger partial charge in [-0.05, 0) is 35.3 Å². The number of imidazole rings is 1. The van der Waals surface area contributed by atoms with Gasteiger partial charge in [0, 0.05) is 35.6 Å². The molecule has 0 aliphatic heterocycles. The normalized spacial score (nSPS) is 16.4. The van der Waals surface area contributed by atoms with Crippen LogP contribution in [0.4, 0.5) is 0 Å². The summed E-state index contributed by atoms with van der Waals surface area (Å²) in [5, 5.41) is 11.0. The van der Waals surface area contributed by atoms with Crippen LogP contribution in [0.1, 0.15) is 102 Å². The van der Waals surface area contributed by atoms with Crippen LogP contribution >= 0.6 is 16.1 Å². The number of phenolic OH excluding ortho intramolecular Hbond substituents is 1. The van der Waals surface area contributed by atoms with Crippen LogP contribution < -0.4 is 5.62 Å². The van der Waals surface area contributed by atoms with Gasteiger partial charge in [-0.25, -0.2) is 0 Å². The minimum absolute atomic E-state index is 0.0124. The van der Waals surface area contributed by atoms with Crippen LogP contribution in [0, 0.1) is 5.92 Å². The van der Waals surface area contributed by atoms with Gasteiger partial charge in [0.15, 0.2) is 5.78 Å². The van der Waals surface area contributed by atoms with Gasteiger partial charge in [-0.1, -0.05) is 73.6 Å². The van der Waals surface area contributed by atoms with Gasteiger partial charge in [0.2, 0.25) is 5.62 Å². The van der Waals surface area contributed by atoms with Crippen molar-refractivity contribution < 1.29 is 9.90 Å². The van der Waals surface area contributed by atoms with Crippen molar-refractivity contribution in [2.24, 2.45) is 9.94 Å². The zero-order valence-electron chi connectivity index (χ0n) is 21.1. The number of carbonyl (C=O) groups excluding carboxylic acids is 1. The van der Waals surface area contributed by atoms with E-state index in [1.54, 1.807) is 0 Å². The molecule has 1 N–H and O–H groups in total. The zero-order chi connectivity index (χ0) is 24.4. The fourth-order valence-corrected chi connectivity index (χ4v) is 5.24. The van der Waals surface area contributed by atoms with Gasteiger partial charge in [0.1, 0.15) is 5.75 Å². The summed E-state index contributed by atoms with van der Waals surface area (Å²) in [7, 11) is 0. The lowest BCUT2D eigenvalue weighted by atomic mass is 9.78. The van der Waals surface area contributed by atoms with Crippen molar-refractivity contribution in [3.8, 4) is 5.75 Å². The summed E-state index contributed by atoms with van der Waals surface area (Å²) in [6.07, 6.45) is 11.8. The maximum absolute atomic E-state index is 13.4. The Balaban J connectivity index is 1.86. The third-order valence-corrected chi connectivity index (χ3v) is 7.20. The first-order valence-corrected chi connectivity index (χ1v) is 12.9. The molecule has 0 atom stereocenters. The van der Waals surface area contributed by atoms with Gasteiger partial charge in [-0.2, -0.15) is 4.02 Å². The lowest BCUT2D eigenvalue weighted by molar-refractivity contribution is 0.0970. The number of rotatable bonds is 6. The molecule has 0 saturated heterocycles. The van der Waals surface area contributed by atoms with Crippen LogP contribution in [-0.4, -0.2) is 20.0 Å². The Labute approximate surface area is 207 Å². The predicted molar refractivity (Wildman–Crippen MR) is 138 cm³/mol. The van der Waals surface area contributed by atoms with E-state index < -0.39 is 0 Å². The average molecular weight is 519 g/mol. The molecule has 33 heavy (non-hydrogen) atoms. The van der Waals surface area contributed by atoms with E-state index in [2.05, 4.69) is 66.3 Å². The number of hydrogen-bond acceptors (Lipinski definition) is 3. The predicted octanol–water partition coefficient (Wildman–Crippen LogP) is 6.65. The number of halogens is 1. The van der Waals surface area contributed by atoms with Crippen molar-refractivity contribution in [1.82, 2.24) is 9.13 Å². The Morgan fingerprint density at radius 3 is 2.06 bits per heavy atom. The Bertz CT molecular complexity index is 1010. The van der Waals surface area contributed by atoms with Crippen molar-refractivity contribution in [3.05, 3.63) is 46.8 Å². The highest BCUT2D eigenvalue weighted by molar-refractivity contribution is 9.08. The van der Waals surface area contributed by atoms with Crippen LogP contribution in [0.15, 0.2) is 28.5 Å². The second-order valence-electron chi connectivity index (χ2n) is 11.6. The second-order valence-corrected chi connectivity index (χ2v) is 12.0. The first kappa shape index (κ1) is 25.8. The third kappa shape index (κ3) is 6.20. The van der Waals surface area contributed by atoms with E-state index in [1.165, 1.54) is 32.1 Å². The summed E-state index contributed by atoms with van der Waals surface area (Å²) in [6, 6.07) is 3.72. The number of nitrogens with zero attached hydrogens (tertiary/aromatic N) is 3. The fraction of sp³-hybridized carbons (Fsp3) is 0.630. The highest BCUT2D eigenvalue weighted by Crippen LogP contribution is 2.40. The molecular weight excluding hydrogens is 478 g/mol. The average Bonchev–Trinajstić information content (AvgIpc) is 3.12. The van der Waals surface area contributed by atoms with E-state index >= 15 is 0 Å². The summed E-state index contributed by atoms with van der Waals surface area (Å²) in [5.74, 6) is 1.10. The molecule has 0 bridgehead atoms. The van der Waals surface area contributed by atoms with E-state index in [1.807, 2.05) is 29.1 Å². The van der Waals surface area contributed by atoms with E-state index in [9.17, 15) is 9.90 Å². The van der Waals surface area contributed by atoms with Crippen molar-refractivity contribution in [2.45, 2.75) is 104 Å². The molecule has 0 radical (unpaired) electrons. The lowest BCUT2D eigenvalue weighted by Crippen LogP contribution is -2.28. The largest absolute Gasteiger partial charge is 0.507 e. The van der Waals surface area contributed by atoms with Gasteiger partial charge in [-0.3, -0.25) is 4.79 Å². The molecule has 0 unspecified atom stereocenters. The van der Waals surface area contributed by atoms with Crippen molar-refractivity contribution in [3.63, 3.8) is 0 Å². The van der Waals surface area contributed by atoms with Crippen molar-refractivity contribution in [2.75, 3.05) is 0 Å². The highest BCUT2D eigenvalue weighted by Gasteiger charge is 2.28. The molecule has 2 aromatic rings. The van der Waals surface area contributed by atoms with Crippen molar-refractivity contribution >= 4 is 21.9 Å². The van der Waals surface area contributed by atoms with Crippen LogP contribution in [0.2, 0.25) is 0 Å². The first-order chi connectivity index (χ1) is 15.4. The molecule has 6 heteroatoms. The number of aromatic hydroxyl groups is 1. The van der Waals surface area contributed by atoms with Crippen LogP contribution in [0.5, 0.6) is 5.75 Å². The number of benzene rings is 1. The molecule has 1 heterocycles. The Morgan fingerprint density at radius 2 is 1.55 bits per heavy atom. The SMILES string of the molecule is CC(C)(C)c1cc(C(=O)Cn2ccn(CCC3CCCCC3)c2=NBr)cc(C(C)(C)C)c1O. The van der Waals surface area contributed by atoms with E-state index in [0.717, 1.165) is 35.6 Å². The molecule has 5 nitrogen and oxygen atoms in total. The Kier molecular flexibility index (Phi) is 7.98. The van der Waals surface area contributed by atoms with Gasteiger partial charge < -0.3 is 14.2 Å². The second kappa shape index (κ2) is 10.2. The quantitative estimate of drug-likeness (QED) is 0.435. The number of phenols is 1. The highest BCUT2D eigenvalue weighted by atomic mass is 79.9. The lowest BCUT2D eigenvalue weighted by Gasteiger charge is -2.28. The number of hydrogen-bond donors (Lipinski definition) is 1. The topological polar surface area (TPSA) is 59.5 Å². The van der Waals surface area contributed by atoms with E-state index in [0.29, 0.717) is 11.3 Å². The number of Topliss-reactive ketones (excluding diaryl/α,β-unsaturated/α-hetero) is 1. The van der Waals surface area contributed by atoms with Crippen LogP contribution in [0.3, 0.4) is 0 Å². The summed E-state index contributed by atoms with van der Waals surface area (Å²) < 4.78 is 8.35.